The number of hydrogen-bond acceptors (Lipinski definition) is 4. The highest BCUT2D eigenvalue weighted by Gasteiger charge is 2.36. The van der Waals surface area contributed by atoms with E-state index < -0.39 is 0 Å². The largest absolute Gasteiger partial charge is 0.355 e. The van der Waals surface area contributed by atoms with Crippen LogP contribution in [0.1, 0.15) is 25.3 Å². The summed E-state index contributed by atoms with van der Waals surface area (Å²) in [5.41, 5.74) is 4.33. The molecule has 0 N–H and O–H groups in total. The van der Waals surface area contributed by atoms with Gasteiger partial charge in [-0.2, -0.15) is 0 Å². The summed E-state index contributed by atoms with van der Waals surface area (Å²) >= 11 is 0. The number of anilines is 2. The van der Waals surface area contributed by atoms with Crippen molar-refractivity contribution in [3.05, 3.63) is 72.3 Å². The molecule has 3 aromatic rings. The normalized spacial score (nSPS) is 19.0. The number of hydrogen-bond donors (Lipinski definition) is 0. The van der Waals surface area contributed by atoms with E-state index in [9.17, 15) is 4.79 Å². The van der Waals surface area contributed by atoms with Crippen molar-refractivity contribution in [3.63, 3.8) is 0 Å². The lowest BCUT2D eigenvalue weighted by molar-refractivity contribution is -0.123. The van der Waals surface area contributed by atoms with E-state index >= 15 is 0 Å². The first-order valence-corrected chi connectivity index (χ1v) is 10.8. The van der Waals surface area contributed by atoms with E-state index in [0.717, 1.165) is 55.1 Å². The van der Waals surface area contributed by atoms with Crippen LogP contribution >= 0.6 is 0 Å². The minimum Gasteiger partial charge on any atom is -0.355 e. The van der Waals surface area contributed by atoms with Gasteiger partial charge in [-0.15, -0.1) is 10.2 Å². The Balaban J connectivity index is 1.24. The van der Waals surface area contributed by atoms with E-state index in [0.29, 0.717) is 0 Å². The maximum Gasteiger partial charge on any atom is 0.230 e. The highest BCUT2D eigenvalue weighted by Crippen LogP contribution is 2.35. The van der Waals surface area contributed by atoms with Gasteiger partial charge in [-0.3, -0.25) is 4.79 Å². The van der Waals surface area contributed by atoms with Crippen LogP contribution in [0.4, 0.5) is 11.5 Å². The Bertz CT molecular complexity index is 1030. The minimum absolute atomic E-state index is 0.0754. The van der Waals surface area contributed by atoms with Gasteiger partial charge in [-0.05, 0) is 49.9 Å². The first-order chi connectivity index (χ1) is 14.7. The highest BCUT2D eigenvalue weighted by molar-refractivity contribution is 5.97. The average Bonchev–Trinajstić information content (AvgIpc) is 3.15. The van der Waals surface area contributed by atoms with Crippen LogP contribution in [0.2, 0.25) is 0 Å². The summed E-state index contributed by atoms with van der Waals surface area (Å²) in [6.45, 7) is 3.82. The monoisotopic (exact) mass is 398 g/mol. The molecule has 0 bridgehead atoms. The second-order valence-electron chi connectivity index (χ2n) is 8.29. The summed E-state index contributed by atoms with van der Waals surface area (Å²) in [7, 11) is 0. The van der Waals surface area contributed by atoms with Crippen LogP contribution in [0.15, 0.2) is 66.7 Å². The summed E-state index contributed by atoms with van der Waals surface area (Å²) in [4.78, 5) is 17.6. The Morgan fingerprint density at radius 2 is 1.63 bits per heavy atom. The van der Waals surface area contributed by atoms with E-state index in [4.69, 9.17) is 0 Å². The first-order valence-electron chi connectivity index (χ1n) is 10.8. The zero-order chi connectivity index (χ0) is 20.5. The predicted molar refractivity (Wildman–Crippen MR) is 119 cm³/mol. The molecule has 3 heterocycles. The van der Waals surface area contributed by atoms with Gasteiger partial charge in [0.25, 0.3) is 0 Å². The van der Waals surface area contributed by atoms with Crippen LogP contribution in [0, 0.1) is 5.92 Å². The van der Waals surface area contributed by atoms with Crippen molar-refractivity contribution in [1.82, 2.24) is 10.2 Å². The van der Waals surface area contributed by atoms with Crippen molar-refractivity contribution < 1.29 is 4.79 Å². The number of amides is 1. The van der Waals surface area contributed by atoms with Gasteiger partial charge in [0, 0.05) is 36.3 Å². The molecule has 5 rings (SSSR count). The van der Waals surface area contributed by atoms with E-state index in [1.54, 1.807) is 0 Å². The van der Waals surface area contributed by atoms with Crippen LogP contribution in [0.5, 0.6) is 0 Å². The highest BCUT2D eigenvalue weighted by atomic mass is 16.2. The predicted octanol–water partition coefficient (Wildman–Crippen LogP) is 4.34. The van der Waals surface area contributed by atoms with Gasteiger partial charge in [0.1, 0.15) is 0 Å². The van der Waals surface area contributed by atoms with Gasteiger partial charge < -0.3 is 9.80 Å². The third-order valence-electron chi connectivity index (χ3n) is 6.33. The number of benzene rings is 2. The van der Waals surface area contributed by atoms with Gasteiger partial charge in [-0.25, -0.2) is 0 Å². The van der Waals surface area contributed by atoms with Gasteiger partial charge in [0.15, 0.2) is 5.82 Å². The maximum atomic E-state index is 13.3. The van der Waals surface area contributed by atoms with Crippen LogP contribution in [-0.4, -0.2) is 35.2 Å². The third-order valence-corrected chi connectivity index (χ3v) is 6.33. The Labute approximate surface area is 177 Å². The number of carbonyl (C=O) groups is 1. The molecule has 30 heavy (non-hydrogen) atoms. The number of fused-ring (bicyclic) bond motifs is 1. The summed E-state index contributed by atoms with van der Waals surface area (Å²) in [6.07, 6.45) is 2.66. The second kappa shape index (κ2) is 7.90. The van der Waals surface area contributed by atoms with Gasteiger partial charge in [-0.1, -0.05) is 48.5 Å². The molecule has 1 amide bonds. The average molecular weight is 399 g/mol. The van der Waals surface area contributed by atoms with Gasteiger partial charge in [0.2, 0.25) is 5.91 Å². The molecule has 152 valence electrons. The quantitative estimate of drug-likeness (QED) is 0.659. The Morgan fingerprint density at radius 1 is 0.900 bits per heavy atom. The number of piperidine rings is 1. The molecule has 5 heteroatoms. The standard InChI is InChI=1S/C25H26N4O/c1-18-17-21-9-5-6-10-23(21)29(18)25(30)20-13-15-28(16-14-20)24-12-11-22(26-27-24)19-7-3-2-4-8-19/h2-12,18,20H,13-17H2,1H3. The summed E-state index contributed by atoms with van der Waals surface area (Å²) in [5, 5.41) is 8.86. The fourth-order valence-electron chi connectivity index (χ4n) is 4.71. The first kappa shape index (κ1) is 18.8. The van der Waals surface area contributed by atoms with E-state index in [1.165, 1.54) is 5.56 Å². The topological polar surface area (TPSA) is 49.3 Å². The smallest absolute Gasteiger partial charge is 0.230 e. The zero-order valence-corrected chi connectivity index (χ0v) is 17.2. The minimum atomic E-state index is 0.0754. The molecule has 2 aliphatic rings. The molecular formula is C25H26N4O. The van der Waals surface area contributed by atoms with E-state index in [-0.39, 0.29) is 17.9 Å². The molecule has 0 saturated carbocycles. The van der Waals surface area contributed by atoms with Crippen molar-refractivity contribution in [3.8, 4) is 11.3 Å². The van der Waals surface area contributed by atoms with Gasteiger partial charge in [0.05, 0.1) is 5.69 Å². The lowest BCUT2D eigenvalue weighted by Gasteiger charge is -2.35. The Morgan fingerprint density at radius 3 is 2.37 bits per heavy atom. The molecule has 0 aliphatic carbocycles. The second-order valence-corrected chi connectivity index (χ2v) is 8.29. The third kappa shape index (κ3) is 3.45. The zero-order valence-electron chi connectivity index (χ0n) is 17.2. The number of rotatable bonds is 3. The molecule has 1 unspecified atom stereocenters. The Kier molecular flexibility index (Phi) is 4.95. The van der Waals surface area contributed by atoms with E-state index in [1.807, 2.05) is 53.4 Å². The number of carbonyl (C=O) groups excluding carboxylic acids is 1. The van der Waals surface area contributed by atoms with Crippen LogP contribution in [-0.2, 0) is 11.2 Å². The Hall–Kier alpha value is -3.21. The van der Waals surface area contributed by atoms with Gasteiger partial charge >= 0.3 is 0 Å². The summed E-state index contributed by atoms with van der Waals surface area (Å²) in [6, 6.07) is 22.7. The lowest BCUT2D eigenvalue weighted by Crippen LogP contribution is -2.45. The molecule has 0 radical (unpaired) electrons. The molecule has 5 nitrogen and oxygen atoms in total. The maximum absolute atomic E-state index is 13.3. The molecule has 0 spiro atoms. The number of nitrogens with zero attached hydrogens (tertiary/aromatic N) is 4. The fraction of sp³-hybridized carbons (Fsp3) is 0.320. The van der Waals surface area contributed by atoms with Crippen molar-refractivity contribution in [1.29, 1.82) is 0 Å². The van der Waals surface area contributed by atoms with Crippen molar-refractivity contribution in [2.45, 2.75) is 32.2 Å². The van der Waals surface area contributed by atoms with Crippen molar-refractivity contribution >= 4 is 17.4 Å². The summed E-state index contributed by atoms with van der Waals surface area (Å²) in [5.74, 6) is 1.24. The lowest BCUT2D eigenvalue weighted by atomic mass is 9.94. The SMILES string of the molecule is CC1Cc2ccccc2N1C(=O)C1CCN(c2ccc(-c3ccccc3)nn2)CC1. The molecular weight excluding hydrogens is 372 g/mol. The molecule has 1 fully saturated rings. The number of aromatic nitrogens is 2. The fourth-order valence-corrected chi connectivity index (χ4v) is 4.71. The molecule has 2 aliphatic heterocycles. The van der Waals surface area contributed by atoms with Crippen LogP contribution in [0.3, 0.4) is 0 Å². The van der Waals surface area contributed by atoms with Crippen LogP contribution in [0.25, 0.3) is 11.3 Å². The molecule has 1 atom stereocenters. The van der Waals surface area contributed by atoms with E-state index in [2.05, 4.69) is 40.2 Å². The summed E-state index contributed by atoms with van der Waals surface area (Å²) < 4.78 is 0. The van der Waals surface area contributed by atoms with Crippen LogP contribution < -0.4 is 9.80 Å². The number of para-hydroxylation sites is 1. The van der Waals surface area contributed by atoms with Crippen molar-refractivity contribution in [2.75, 3.05) is 22.9 Å². The molecule has 2 aromatic carbocycles. The molecule has 1 saturated heterocycles. The molecule has 1 aromatic heterocycles. The van der Waals surface area contributed by atoms with Crippen molar-refractivity contribution in [2.24, 2.45) is 5.92 Å².